The van der Waals surface area contributed by atoms with Crippen molar-refractivity contribution in [2.24, 2.45) is 5.73 Å². The first-order valence-corrected chi connectivity index (χ1v) is 5.19. The van der Waals surface area contributed by atoms with Crippen LogP contribution in [0.2, 0.25) is 0 Å². The Morgan fingerprint density at radius 2 is 1.88 bits per heavy atom. The summed E-state index contributed by atoms with van der Waals surface area (Å²) in [4.78, 5) is 0. The summed E-state index contributed by atoms with van der Waals surface area (Å²) < 4.78 is 39.3. The van der Waals surface area contributed by atoms with Crippen LogP contribution in [-0.2, 0) is 0 Å². The van der Waals surface area contributed by atoms with E-state index in [1.54, 1.807) is 6.08 Å². The van der Waals surface area contributed by atoms with Gasteiger partial charge in [-0.3, -0.25) is 0 Å². The minimum absolute atomic E-state index is 0.119. The van der Waals surface area contributed by atoms with Crippen molar-refractivity contribution < 1.29 is 13.2 Å². The van der Waals surface area contributed by atoms with Gasteiger partial charge in [-0.15, -0.1) is 0 Å². The van der Waals surface area contributed by atoms with E-state index in [0.29, 0.717) is 12.0 Å². The second-order valence-corrected chi connectivity index (χ2v) is 3.97. The fourth-order valence-electron chi connectivity index (χ4n) is 1.95. The van der Waals surface area contributed by atoms with E-state index in [4.69, 9.17) is 5.73 Å². The monoisotopic (exact) mass is 227 g/mol. The van der Waals surface area contributed by atoms with E-state index in [9.17, 15) is 13.2 Å². The molecule has 0 radical (unpaired) electrons. The van der Waals surface area contributed by atoms with Crippen LogP contribution >= 0.6 is 0 Å². The Morgan fingerprint density at radius 3 is 2.56 bits per heavy atom. The summed E-state index contributed by atoms with van der Waals surface area (Å²) in [5, 5.41) is 0. The van der Waals surface area contributed by atoms with Gasteiger partial charge in [-0.25, -0.2) is 13.2 Å². The zero-order valence-corrected chi connectivity index (χ0v) is 8.64. The summed E-state index contributed by atoms with van der Waals surface area (Å²) in [6, 6.07) is 2.07. The van der Waals surface area contributed by atoms with Crippen LogP contribution in [0.1, 0.15) is 24.8 Å². The normalized spacial score (nSPS) is 20.8. The third-order valence-corrected chi connectivity index (χ3v) is 2.78. The molecule has 2 N–H and O–H groups in total. The summed E-state index contributed by atoms with van der Waals surface area (Å²) in [7, 11) is 0. The van der Waals surface area contributed by atoms with Crippen LogP contribution in [-0.4, -0.2) is 6.04 Å². The minimum Gasteiger partial charge on any atom is -0.324 e. The van der Waals surface area contributed by atoms with Gasteiger partial charge in [0.1, 0.15) is 0 Å². The van der Waals surface area contributed by atoms with E-state index >= 15 is 0 Å². The summed E-state index contributed by atoms with van der Waals surface area (Å²) in [5.74, 6) is -3.71. The molecule has 1 aliphatic carbocycles. The molecule has 0 heterocycles. The molecule has 1 aromatic carbocycles. The average molecular weight is 227 g/mol. The Bertz CT molecular complexity index is 440. The van der Waals surface area contributed by atoms with Crippen LogP contribution in [0.4, 0.5) is 13.2 Å². The van der Waals surface area contributed by atoms with Crippen molar-refractivity contribution in [2.45, 2.75) is 25.3 Å². The van der Waals surface area contributed by atoms with Gasteiger partial charge in [0.25, 0.3) is 0 Å². The van der Waals surface area contributed by atoms with Gasteiger partial charge in [0.15, 0.2) is 17.5 Å². The third kappa shape index (κ3) is 1.97. The molecule has 1 aromatic rings. The molecule has 86 valence electrons. The molecule has 0 aromatic heterocycles. The fourth-order valence-corrected chi connectivity index (χ4v) is 1.95. The minimum atomic E-state index is -1.42. The van der Waals surface area contributed by atoms with Gasteiger partial charge in [0.05, 0.1) is 0 Å². The molecule has 2 rings (SSSR count). The van der Waals surface area contributed by atoms with Gasteiger partial charge < -0.3 is 5.73 Å². The first kappa shape index (κ1) is 11.2. The molecule has 0 aliphatic heterocycles. The Morgan fingerprint density at radius 1 is 1.12 bits per heavy atom. The maximum Gasteiger partial charge on any atom is 0.195 e. The SMILES string of the molecule is NC1C=C(c2ccc(F)c(F)c2F)CCC1. The molecule has 0 saturated carbocycles. The lowest BCUT2D eigenvalue weighted by Gasteiger charge is -2.18. The number of rotatable bonds is 1. The lowest BCUT2D eigenvalue weighted by molar-refractivity contribution is 0.445. The lowest BCUT2D eigenvalue weighted by atomic mass is 9.91. The highest BCUT2D eigenvalue weighted by Gasteiger charge is 2.18. The van der Waals surface area contributed by atoms with E-state index in [1.165, 1.54) is 6.07 Å². The van der Waals surface area contributed by atoms with Crippen LogP contribution in [0.5, 0.6) is 0 Å². The largest absolute Gasteiger partial charge is 0.324 e. The second-order valence-electron chi connectivity index (χ2n) is 3.97. The molecule has 1 aliphatic rings. The molecule has 0 bridgehead atoms. The number of halogens is 3. The summed E-state index contributed by atoms with van der Waals surface area (Å²) in [5.41, 5.74) is 6.50. The molecule has 0 amide bonds. The summed E-state index contributed by atoms with van der Waals surface area (Å²) in [6.07, 6.45) is 4.05. The van der Waals surface area contributed by atoms with Gasteiger partial charge in [-0.2, -0.15) is 0 Å². The number of nitrogens with two attached hydrogens (primary N) is 1. The molecule has 4 heteroatoms. The van der Waals surface area contributed by atoms with Crippen molar-refractivity contribution in [2.75, 3.05) is 0 Å². The fraction of sp³-hybridized carbons (Fsp3) is 0.333. The van der Waals surface area contributed by atoms with Gasteiger partial charge in [0, 0.05) is 11.6 Å². The number of allylic oxidation sites excluding steroid dienone is 1. The highest BCUT2D eigenvalue weighted by molar-refractivity contribution is 5.67. The van der Waals surface area contributed by atoms with E-state index in [1.807, 2.05) is 0 Å². The van der Waals surface area contributed by atoms with Crippen molar-refractivity contribution in [1.82, 2.24) is 0 Å². The highest BCUT2D eigenvalue weighted by Crippen LogP contribution is 2.29. The second kappa shape index (κ2) is 4.29. The standard InChI is InChI=1S/C12H12F3N/c13-10-5-4-9(11(14)12(10)15)7-2-1-3-8(16)6-7/h4-6,8H,1-3,16H2. The molecule has 0 fully saturated rings. The zero-order valence-electron chi connectivity index (χ0n) is 8.64. The van der Waals surface area contributed by atoms with Gasteiger partial charge >= 0.3 is 0 Å². The molecular formula is C12H12F3N. The van der Waals surface area contributed by atoms with Gasteiger partial charge in [0.2, 0.25) is 0 Å². The van der Waals surface area contributed by atoms with Crippen LogP contribution in [0.3, 0.4) is 0 Å². The Labute approximate surface area is 91.8 Å². The summed E-state index contributed by atoms with van der Waals surface area (Å²) >= 11 is 0. The molecule has 16 heavy (non-hydrogen) atoms. The number of hydrogen-bond acceptors (Lipinski definition) is 1. The zero-order chi connectivity index (χ0) is 11.7. The van der Waals surface area contributed by atoms with Crippen molar-refractivity contribution in [3.05, 3.63) is 41.2 Å². The van der Waals surface area contributed by atoms with Crippen molar-refractivity contribution in [3.8, 4) is 0 Å². The molecule has 0 spiro atoms. The van der Waals surface area contributed by atoms with Gasteiger partial charge in [-0.1, -0.05) is 6.08 Å². The smallest absolute Gasteiger partial charge is 0.195 e. The van der Waals surface area contributed by atoms with E-state index in [-0.39, 0.29) is 11.6 Å². The number of hydrogen-bond donors (Lipinski definition) is 1. The predicted molar refractivity (Wildman–Crippen MR) is 56.1 cm³/mol. The third-order valence-electron chi connectivity index (χ3n) is 2.78. The Balaban J connectivity index is 2.45. The maximum absolute atomic E-state index is 13.5. The lowest BCUT2D eigenvalue weighted by Crippen LogP contribution is -2.20. The Kier molecular flexibility index (Phi) is 3.01. The maximum atomic E-state index is 13.5. The van der Waals surface area contributed by atoms with Crippen LogP contribution in [0.25, 0.3) is 5.57 Å². The summed E-state index contributed by atoms with van der Waals surface area (Å²) in [6.45, 7) is 0. The van der Waals surface area contributed by atoms with Crippen LogP contribution in [0, 0.1) is 17.5 Å². The van der Waals surface area contributed by atoms with Crippen LogP contribution in [0.15, 0.2) is 18.2 Å². The predicted octanol–water partition coefficient (Wildman–Crippen LogP) is 3.00. The Hall–Kier alpha value is -1.29. The topological polar surface area (TPSA) is 26.0 Å². The molecule has 1 atom stereocenters. The van der Waals surface area contributed by atoms with E-state index < -0.39 is 17.5 Å². The van der Waals surface area contributed by atoms with Crippen molar-refractivity contribution >= 4 is 5.57 Å². The first-order valence-electron chi connectivity index (χ1n) is 5.19. The highest BCUT2D eigenvalue weighted by atomic mass is 19.2. The average Bonchev–Trinajstić information content (AvgIpc) is 2.26. The molecule has 0 saturated heterocycles. The van der Waals surface area contributed by atoms with Crippen LogP contribution < -0.4 is 5.73 Å². The van der Waals surface area contributed by atoms with E-state index in [0.717, 1.165) is 18.9 Å². The quantitative estimate of drug-likeness (QED) is 0.733. The first-order chi connectivity index (χ1) is 7.59. The molecular weight excluding hydrogens is 215 g/mol. The van der Waals surface area contributed by atoms with Crippen molar-refractivity contribution in [1.29, 1.82) is 0 Å². The number of benzene rings is 1. The molecule has 1 unspecified atom stereocenters. The van der Waals surface area contributed by atoms with E-state index in [2.05, 4.69) is 0 Å². The van der Waals surface area contributed by atoms with Gasteiger partial charge in [-0.05, 0) is 37.0 Å². The molecule has 1 nitrogen and oxygen atoms in total. The van der Waals surface area contributed by atoms with Crippen molar-refractivity contribution in [3.63, 3.8) is 0 Å².